The molecule has 10 rings (SSSR count). The van der Waals surface area contributed by atoms with Gasteiger partial charge < -0.3 is 4.57 Å². The van der Waals surface area contributed by atoms with E-state index in [0.717, 1.165) is 38.5 Å². The Balaban J connectivity index is 1.18. The van der Waals surface area contributed by atoms with Crippen molar-refractivity contribution in [3.05, 3.63) is 140 Å². The van der Waals surface area contributed by atoms with Crippen molar-refractivity contribution in [2.24, 2.45) is 0 Å². The van der Waals surface area contributed by atoms with Crippen LogP contribution in [0.2, 0.25) is 0 Å². The SMILES string of the molecule is c1ccc(-c2nc(-c3ccc(-n4c5ccccc5c5cc6sc7ccccc7c6cc54)cc3)nc3c2sc2ccccc23)cc1. The van der Waals surface area contributed by atoms with Crippen molar-refractivity contribution in [1.29, 1.82) is 0 Å². The summed E-state index contributed by atoms with van der Waals surface area (Å²) in [6, 6.07) is 49.9. The molecule has 0 unspecified atom stereocenters. The van der Waals surface area contributed by atoms with Crippen LogP contribution in [0.15, 0.2) is 140 Å². The second-order valence-electron chi connectivity index (χ2n) is 11.4. The van der Waals surface area contributed by atoms with Crippen LogP contribution in [0.3, 0.4) is 0 Å². The summed E-state index contributed by atoms with van der Waals surface area (Å²) in [5.41, 5.74) is 7.64. The summed E-state index contributed by atoms with van der Waals surface area (Å²) in [6.45, 7) is 0. The Kier molecular flexibility index (Phi) is 5.32. The van der Waals surface area contributed by atoms with Gasteiger partial charge in [-0.25, -0.2) is 9.97 Å². The van der Waals surface area contributed by atoms with Gasteiger partial charge >= 0.3 is 0 Å². The van der Waals surface area contributed by atoms with E-state index in [1.807, 2.05) is 17.4 Å². The summed E-state index contributed by atoms with van der Waals surface area (Å²) in [6.07, 6.45) is 0. The Bertz CT molecular complexity index is 2750. The Morgan fingerprint density at radius 2 is 1.13 bits per heavy atom. The standard InChI is InChI=1S/C40H23N3S2/c1-2-10-24(11-3-1)37-39-38(29-14-6-9-17-35(29)45-39)42-40(41-37)25-18-20-26(21-19-25)43-32-15-7-4-12-27(32)30-23-36-31(22-33(30)43)28-13-5-8-16-34(28)44-36/h1-23H. The van der Waals surface area contributed by atoms with Crippen LogP contribution in [0.25, 0.3) is 90.6 Å². The van der Waals surface area contributed by atoms with Gasteiger partial charge in [-0.2, -0.15) is 0 Å². The first kappa shape index (κ1) is 25.0. The van der Waals surface area contributed by atoms with E-state index in [1.54, 1.807) is 11.3 Å². The summed E-state index contributed by atoms with van der Waals surface area (Å²) < 4.78 is 7.40. The smallest absolute Gasteiger partial charge is 0.160 e. The average molecular weight is 610 g/mol. The van der Waals surface area contributed by atoms with Crippen molar-refractivity contribution in [1.82, 2.24) is 14.5 Å². The molecule has 210 valence electrons. The molecule has 3 nitrogen and oxygen atoms in total. The lowest BCUT2D eigenvalue weighted by atomic mass is 10.1. The van der Waals surface area contributed by atoms with Crippen molar-refractivity contribution in [3.8, 4) is 28.3 Å². The van der Waals surface area contributed by atoms with Gasteiger partial charge in [-0.05, 0) is 54.6 Å². The number of hydrogen-bond donors (Lipinski definition) is 0. The number of thiophene rings is 2. The third-order valence-electron chi connectivity index (χ3n) is 8.82. The molecule has 45 heavy (non-hydrogen) atoms. The van der Waals surface area contributed by atoms with Gasteiger partial charge in [0.15, 0.2) is 5.82 Å². The number of aromatic nitrogens is 3. The van der Waals surface area contributed by atoms with Gasteiger partial charge in [-0.15, -0.1) is 22.7 Å². The number of fused-ring (bicyclic) bond motifs is 9. The van der Waals surface area contributed by atoms with Gasteiger partial charge in [0.2, 0.25) is 0 Å². The highest BCUT2D eigenvalue weighted by Gasteiger charge is 2.18. The zero-order valence-electron chi connectivity index (χ0n) is 23.9. The van der Waals surface area contributed by atoms with E-state index in [-0.39, 0.29) is 0 Å². The summed E-state index contributed by atoms with van der Waals surface area (Å²) in [5, 5.41) is 6.34. The highest BCUT2D eigenvalue weighted by molar-refractivity contribution is 7.26. The van der Waals surface area contributed by atoms with E-state index >= 15 is 0 Å². The number of rotatable bonds is 3. The van der Waals surface area contributed by atoms with Gasteiger partial charge in [-0.1, -0.05) is 84.9 Å². The maximum Gasteiger partial charge on any atom is 0.160 e. The van der Waals surface area contributed by atoms with Crippen molar-refractivity contribution in [3.63, 3.8) is 0 Å². The van der Waals surface area contributed by atoms with Gasteiger partial charge in [0, 0.05) is 57.8 Å². The lowest BCUT2D eigenvalue weighted by Crippen LogP contribution is -1.96. The molecule has 0 spiro atoms. The second-order valence-corrected chi connectivity index (χ2v) is 13.5. The first-order valence-corrected chi connectivity index (χ1v) is 16.6. The fraction of sp³-hybridized carbons (Fsp3) is 0. The van der Waals surface area contributed by atoms with E-state index in [9.17, 15) is 0 Å². The minimum atomic E-state index is 0.741. The fourth-order valence-corrected chi connectivity index (χ4v) is 9.02. The van der Waals surface area contributed by atoms with Crippen LogP contribution >= 0.6 is 22.7 Å². The number of para-hydroxylation sites is 1. The summed E-state index contributed by atoms with van der Waals surface area (Å²) in [7, 11) is 0. The quantitative estimate of drug-likeness (QED) is 0.199. The molecular weight excluding hydrogens is 587 g/mol. The van der Waals surface area contributed by atoms with Gasteiger partial charge in [-0.3, -0.25) is 0 Å². The Morgan fingerprint density at radius 1 is 0.444 bits per heavy atom. The largest absolute Gasteiger partial charge is 0.309 e. The van der Waals surface area contributed by atoms with Crippen molar-refractivity contribution >= 4 is 85.0 Å². The third kappa shape index (κ3) is 3.75. The summed E-state index contributed by atoms with van der Waals surface area (Å²) >= 11 is 3.63. The molecule has 4 aromatic heterocycles. The molecule has 4 heterocycles. The molecule has 5 heteroatoms. The predicted molar refractivity (Wildman–Crippen MR) is 193 cm³/mol. The molecule has 0 atom stereocenters. The topological polar surface area (TPSA) is 30.7 Å². The monoisotopic (exact) mass is 609 g/mol. The maximum atomic E-state index is 5.18. The summed E-state index contributed by atoms with van der Waals surface area (Å²) in [5.74, 6) is 0.741. The molecule has 0 amide bonds. The molecule has 0 aliphatic carbocycles. The Labute approximate surface area is 266 Å². The molecular formula is C40H23N3S2. The van der Waals surface area contributed by atoms with Crippen LogP contribution in [0, 0.1) is 0 Å². The van der Waals surface area contributed by atoms with Crippen LogP contribution in [-0.2, 0) is 0 Å². The zero-order chi connectivity index (χ0) is 29.5. The van der Waals surface area contributed by atoms with Crippen LogP contribution in [0.5, 0.6) is 0 Å². The minimum Gasteiger partial charge on any atom is -0.309 e. The van der Waals surface area contributed by atoms with Crippen LogP contribution in [-0.4, -0.2) is 14.5 Å². The normalized spacial score (nSPS) is 12.0. The Morgan fingerprint density at radius 3 is 1.96 bits per heavy atom. The molecule has 0 aliphatic rings. The first-order chi connectivity index (χ1) is 22.3. The molecule has 0 fully saturated rings. The highest BCUT2D eigenvalue weighted by atomic mass is 32.1. The van der Waals surface area contributed by atoms with Gasteiger partial charge in [0.1, 0.15) is 0 Å². The van der Waals surface area contributed by atoms with Crippen molar-refractivity contribution in [2.45, 2.75) is 0 Å². The van der Waals surface area contributed by atoms with E-state index in [1.165, 1.54) is 52.1 Å². The molecule has 0 bridgehead atoms. The molecule has 0 aliphatic heterocycles. The van der Waals surface area contributed by atoms with E-state index in [2.05, 4.69) is 138 Å². The van der Waals surface area contributed by atoms with E-state index in [0.29, 0.717) is 0 Å². The maximum absolute atomic E-state index is 5.18. The van der Waals surface area contributed by atoms with Gasteiger partial charge in [0.05, 0.1) is 26.9 Å². The van der Waals surface area contributed by atoms with Crippen LogP contribution in [0.4, 0.5) is 0 Å². The fourth-order valence-electron chi connectivity index (χ4n) is 6.74. The lowest BCUT2D eigenvalue weighted by Gasteiger charge is -2.10. The van der Waals surface area contributed by atoms with E-state index < -0.39 is 0 Å². The average Bonchev–Trinajstić information content (AvgIpc) is 3.76. The minimum absolute atomic E-state index is 0.741. The zero-order valence-corrected chi connectivity index (χ0v) is 25.6. The number of benzene rings is 6. The predicted octanol–water partition coefficient (Wildman–Crippen LogP) is 11.6. The molecule has 6 aromatic carbocycles. The lowest BCUT2D eigenvalue weighted by molar-refractivity contribution is 1.18. The number of hydrogen-bond acceptors (Lipinski definition) is 4. The van der Waals surface area contributed by atoms with Crippen LogP contribution < -0.4 is 0 Å². The van der Waals surface area contributed by atoms with Crippen molar-refractivity contribution in [2.75, 3.05) is 0 Å². The van der Waals surface area contributed by atoms with Crippen molar-refractivity contribution < 1.29 is 0 Å². The molecule has 0 radical (unpaired) electrons. The van der Waals surface area contributed by atoms with E-state index in [4.69, 9.17) is 9.97 Å². The highest BCUT2D eigenvalue weighted by Crippen LogP contribution is 2.42. The third-order valence-corrected chi connectivity index (χ3v) is 11.1. The first-order valence-electron chi connectivity index (χ1n) is 15.0. The second kappa shape index (κ2) is 9.57. The molecule has 0 saturated carbocycles. The van der Waals surface area contributed by atoms with Crippen LogP contribution in [0.1, 0.15) is 0 Å². The molecule has 0 saturated heterocycles. The van der Waals surface area contributed by atoms with Gasteiger partial charge in [0.25, 0.3) is 0 Å². The Hall–Kier alpha value is -5.36. The molecule has 0 N–H and O–H groups in total. The summed E-state index contributed by atoms with van der Waals surface area (Å²) in [4.78, 5) is 10.3. The molecule has 10 aromatic rings. The number of nitrogens with zero attached hydrogens (tertiary/aromatic N) is 3.